The molecule has 2 aliphatic rings. The van der Waals surface area contributed by atoms with Gasteiger partial charge in [-0.2, -0.15) is 14.6 Å². The number of hydrogen-bond acceptors (Lipinski definition) is 9. The van der Waals surface area contributed by atoms with Crippen LogP contribution in [0.4, 0.5) is 5.69 Å². The van der Waals surface area contributed by atoms with Gasteiger partial charge in [-0.25, -0.2) is 4.99 Å². The number of rotatable bonds is 3. The average Bonchev–Trinajstić information content (AvgIpc) is 3.48. The van der Waals surface area contributed by atoms with Crippen molar-refractivity contribution >= 4 is 34.6 Å². The summed E-state index contributed by atoms with van der Waals surface area (Å²) in [6.45, 7) is 0. The minimum Gasteiger partial charge on any atom is -0.369 e. The number of hydrogen-bond donors (Lipinski definition) is 2. The largest absolute Gasteiger partial charge is 0.369 e. The molecule has 0 radical (unpaired) electrons. The highest BCUT2D eigenvalue weighted by Gasteiger charge is 2.42. The first-order valence-corrected chi connectivity index (χ1v) is 11.9. The topological polar surface area (TPSA) is 123 Å². The van der Waals surface area contributed by atoms with E-state index in [1.54, 1.807) is 15.9 Å². The molecule has 6 rings (SSSR count). The molecule has 0 saturated heterocycles. The maximum Gasteiger partial charge on any atom is 0.220 e. The van der Waals surface area contributed by atoms with Crippen molar-refractivity contribution in [2.75, 3.05) is 4.90 Å². The zero-order valence-corrected chi connectivity index (χ0v) is 18.7. The van der Waals surface area contributed by atoms with Gasteiger partial charge in [0.2, 0.25) is 11.9 Å². The standard InChI is InChI=1S/C23H23N9S/c24-21-26-22(25)31(23(27-21)11-2-1-3-12-23)16-7-4-6-15(14-16)17-9-10-19-28-29-20(32(19)30-17)18-8-5-13-33-18/h4-10,13-14H,1-3,11-12H2,(H4,24,25,26,27). The van der Waals surface area contributed by atoms with Crippen LogP contribution in [0.15, 0.2) is 63.9 Å². The lowest BCUT2D eigenvalue weighted by atomic mass is 9.87. The third kappa shape index (κ3) is 3.34. The Balaban J connectivity index is 1.43. The number of anilines is 1. The van der Waals surface area contributed by atoms with Crippen molar-refractivity contribution in [3.8, 4) is 22.0 Å². The second kappa shape index (κ2) is 7.66. The predicted octanol–water partition coefficient (Wildman–Crippen LogP) is 3.63. The fourth-order valence-electron chi connectivity index (χ4n) is 4.80. The van der Waals surface area contributed by atoms with Gasteiger partial charge in [0, 0.05) is 11.3 Å². The molecular weight excluding hydrogens is 434 g/mol. The minimum absolute atomic E-state index is 0.252. The van der Waals surface area contributed by atoms with E-state index in [1.807, 2.05) is 52.7 Å². The van der Waals surface area contributed by atoms with Crippen molar-refractivity contribution < 1.29 is 0 Å². The van der Waals surface area contributed by atoms with Crippen LogP contribution in [0.5, 0.6) is 0 Å². The van der Waals surface area contributed by atoms with Gasteiger partial charge in [0.1, 0.15) is 5.66 Å². The van der Waals surface area contributed by atoms with Gasteiger partial charge >= 0.3 is 0 Å². The summed E-state index contributed by atoms with van der Waals surface area (Å²) in [4.78, 5) is 12.1. The number of nitrogens with zero attached hydrogens (tertiary/aromatic N) is 7. The summed E-state index contributed by atoms with van der Waals surface area (Å²) in [7, 11) is 0. The van der Waals surface area contributed by atoms with Crippen LogP contribution in [-0.2, 0) is 0 Å². The lowest BCUT2D eigenvalue weighted by molar-refractivity contribution is 0.305. The maximum absolute atomic E-state index is 6.41. The second-order valence-corrected chi connectivity index (χ2v) is 9.31. The predicted molar refractivity (Wildman–Crippen MR) is 131 cm³/mol. The Hall–Kier alpha value is -3.79. The number of guanidine groups is 2. The molecule has 1 fully saturated rings. The second-order valence-electron chi connectivity index (χ2n) is 8.36. The van der Waals surface area contributed by atoms with E-state index in [0.717, 1.165) is 53.3 Å². The molecule has 1 spiro atoms. The molecule has 9 nitrogen and oxygen atoms in total. The molecule has 0 amide bonds. The quantitative estimate of drug-likeness (QED) is 0.484. The summed E-state index contributed by atoms with van der Waals surface area (Å²) < 4.78 is 1.79. The number of benzene rings is 1. The zero-order chi connectivity index (χ0) is 22.4. The number of aromatic nitrogens is 4. The summed E-state index contributed by atoms with van der Waals surface area (Å²) in [6, 6.07) is 16.1. The molecule has 1 aliphatic heterocycles. The first kappa shape index (κ1) is 19.9. The molecule has 0 atom stereocenters. The van der Waals surface area contributed by atoms with Gasteiger partial charge in [-0.15, -0.1) is 21.5 Å². The van der Waals surface area contributed by atoms with E-state index in [1.165, 1.54) is 6.42 Å². The van der Waals surface area contributed by atoms with Crippen LogP contribution in [0, 0.1) is 0 Å². The molecule has 10 heteroatoms. The van der Waals surface area contributed by atoms with E-state index >= 15 is 0 Å². The van der Waals surface area contributed by atoms with Crippen LogP contribution >= 0.6 is 11.3 Å². The Morgan fingerprint density at radius 1 is 0.939 bits per heavy atom. The highest BCUT2D eigenvalue weighted by molar-refractivity contribution is 7.13. The monoisotopic (exact) mass is 457 g/mol. The fourth-order valence-corrected chi connectivity index (χ4v) is 5.49. The molecule has 166 valence electrons. The summed E-state index contributed by atoms with van der Waals surface area (Å²) in [5, 5.41) is 15.5. The van der Waals surface area contributed by atoms with Crippen molar-refractivity contribution in [3.63, 3.8) is 0 Å². The first-order valence-electron chi connectivity index (χ1n) is 11.0. The number of nitrogens with two attached hydrogens (primary N) is 2. The van der Waals surface area contributed by atoms with Crippen LogP contribution in [0.1, 0.15) is 32.1 Å². The Bertz CT molecular complexity index is 1380. The Kier molecular flexibility index (Phi) is 4.61. The van der Waals surface area contributed by atoms with Gasteiger partial charge in [-0.1, -0.05) is 24.6 Å². The third-order valence-corrected chi connectivity index (χ3v) is 7.12. The van der Waals surface area contributed by atoms with Crippen LogP contribution in [-0.4, -0.2) is 37.4 Å². The van der Waals surface area contributed by atoms with Crippen molar-refractivity contribution in [1.29, 1.82) is 0 Å². The normalized spacial score (nSPS) is 17.9. The van der Waals surface area contributed by atoms with Crippen LogP contribution in [0.25, 0.3) is 27.6 Å². The molecule has 3 aromatic heterocycles. The van der Waals surface area contributed by atoms with Gasteiger partial charge in [0.25, 0.3) is 0 Å². The van der Waals surface area contributed by atoms with Crippen molar-refractivity contribution in [2.45, 2.75) is 37.8 Å². The van der Waals surface area contributed by atoms with Gasteiger partial charge in [0.05, 0.1) is 10.6 Å². The van der Waals surface area contributed by atoms with E-state index in [4.69, 9.17) is 21.6 Å². The van der Waals surface area contributed by atoms with E-state index in [0.29, 0.717) is 11.6 Å². The van der Waals surface area contributed by atoms with Gasteiger partial charge < -0.3 is 11.5 Å². The summed E-state index contributed by atoms with van der Waals surface area (Å²) in [6.07, 6.45) is 5.14. The molecule has 0 bridgehead atoms. The third-order valence-electron chi connectivity index (χ3n) is 6.26. The molecule has 1 saturated carbocycles. The minimum atomic E-state index is -0.481. The van der Waals surface area contributed by atoms with Crippen LogP contribution in [0.2, 0.25) is 0 Å². The summed E-state index contributed by atoms with van der Waals surface area (Å²) in [5.74, 6) is 1.36. The molecule has 33 heavy (non-hydrogen) atoms. The molecule has 4 aromatic rings. The van der Waals surface area contributed by atoms with Crippen molar-refractivity contribution in [3.05, 3.63) is 53.9 Å². The Morgan fingerprint density at radius 2 is 1.82 bits per heavy atom. The smallest absolute Gasteiger partial charge is 0.220 e. The van der Waals surface area contributed by atoms with E-state index in [2.05, 4.69) is 21.3 Å². The molecular formula is C23H23N9S. The first-order chi connectivity index (χ1) is 16.1. The highest BCUT2D eigenvalue weighted by atomic mass is 32.1. The highest BCUT2D eigenvalue weighted by Crippen LogP contribution is 2.40. The van der Waals surface area contributed by atoms with E-state index in [-0.39, 0.29) is 5.96 Å². The van der Waals surface area contributed by atoms with E-state index in [9.17, 15) is 0 Å². The summed E-state index contributed by atoms with van der Waals surface area (Å²) in [5.41, 5.74) is 15.4. The average molecular weight is 458 g/mol. The van der Waals surface area contributed by atoms with Crippen molar-refractivity contribution in [2.24, 2.45) is 21.5 Å². The Morgan fingerprint density at radius 3 is 2.64 bits per heavy atom. The van der Waals surface area contributed by atoms with Crippen molar-refractivity contribution in [1.82, 2.24) is 19.8 Å². The fraction of sp³-hybridized carbons (Fsp3) is 0.261. The number of aliphatic imine (C=N–C) groups is 2. The van der Waals surface area contributed by atoms with Gasteiger partial charge in [-0.3, -0.25) is 4.90 Å². The van der Waals surface area contributed by atoms with Gasteiger partial charge in [-0.05, 0) is 61.4 Å². The molecule has 4 heterocycles. The zero-order valence-electron chi connectivity index (χ0n) is 17.9. The van der Waals surface area contributed by atoms with E-state index < -0.39 is 5.66 Å². The molecule has 0 unspecified atom stereocenters. The number of fused-ring (bicyclic) bond motifs is 1. The molecule has 1 aliphatic carbocycles. The van der Waals surface area contributed by atoms with Crippen LogP contribution in [0.3, 0.4) is 0 Å². The SMILES string of the molecule is NC1=NC2(CCCCC2)N(c2cccc(-c3ccc4nnc(-c5cccs5)n4n3)c2)C(N)=N1. The lowest BCUT2D eigenvalue weighted by Gasteiger charge is -2.45. The van der Waals surface area contributed by atoms with Crippen LogP contribution < -0.4 is 16.4 Å². The lowest BCUT2D eigenvalue weighted by Crippen LogP contribution is -2.58. The maximum atomic E-state index is 6.41. The number of thiophene rings is 1. The summed E-state index contributed by atoms with van der Waals surface area (Å²) >= 11 is 1.61. The Labute approximate surface area is 194 Å². The van der Waals surface area contributed by atoms with Gasteiger partial charge in [0.15, 0.2) is 11.5 Å². The molecule has 4 N–H and O–H groups in total. The molecule has 1 aromatic carbocycles.